The van der Waals surface area contributed by atoms with E-state index in [1.165, 1.54) is 38.5 Å². The van der Waals surface area contributed by atoms with Crippen LogP contribution >= 0.6 is 0 Å². The van der Waals surface area contributed by atoms with E-state index in [9.17, 15) is 0 Å². The van der Waals surface area contributed by atoms with Crippen LogP contribution in [0.25, 0.3) is 0 Å². The molecule has 64 valence electrons. The van der Waals surface area contributed by atoms with Gasteiger partial charge in [-0.25, -0.2) is 0 Å². The van der Waals surface area contributed by atoms with Gasteiger partial charge in [0, 0.05) is 0 Å². The van der Waals surface area contributed by atoms with Gasteiger partial charge in [-0.15, -0.1) is 0 Å². The summed E-state index contributed by atoms with van der Waals surface area (Å²) in [5.74, 6) is 0. The molecular formula is C9H19LiMgO. The molecule has 0 N–H and O–H groups in total. The van der Waals surface area contributed by atoms with Crippen LogP contribution in [-0.4, -0.2) is 21.7 Å². The Morgan fingerprint density at radius 1 is 1.00 bits per heavy atom. The summed E-state index contributed by atoms with van der Waals surface area (Å²) in [6.45, 7) is 4.55. The Bertz CT molecular complexity index is 63.5. The molecule has 0 saturated carbocycles. The van der Waals surface area contributed by atoms with Crippen molar-refractivity contribution in [3.05, 3.63) is 0 Å². The zero-order valence-corrected chi connectivity index (χ0v) is 10.3. The third kappa shape index (κ3) is 13.9. The number of rotatable bonds is 6. The fourth-order valence-electron chi connectivity index (χ4n) is 1.13. The summed E-state index contributed by atoms with van der Waals surface area (Å²) in [6, 6.07) is 0. The second-order valence-corrected chi connectivity index (χ2v) is 4.31. The summed E-state index contributed by atoms with van der Waals surface area (Å²) >= 11 is 2.19. The Labute approximate surface area is 102 Å². The maximum absolute atomic E-state index is 2.27. The van der Waals surface area contributed by atoms with Gasteiger partial charge in [0.15, 0.2) is 0 Å². The largest absolute Gasteiger partial charge is 2.00 e. The van der Waals surface area contributed by atoms with Crippen molar-refractivity contribution >= 4 is 21.7 Å². The molecule has 0 aromatic heterocycles. The molecule has 0 radical (unpaired) electrons. The van der Waals surface area contributed by atoms with E-state index in [1.807, 2.05) is 0 Å². The molecule has 0 aliphatic carbocycles. The molecule has 0 aromatic rings. The van der Waals surface area contributed by atoms with E-state index in [4.69, 9.17) is 0 Å². The van der Waals surface area contributed by atoms with E-state index in [0.29, 0.717) is 0 Å². The maximum atomic E-state index is 2.27. The molecule has 0 fully saturated rings. The monoisotopic (exact) mass is 174 g/mol. The van der Waals surface area contributed by atoms with E-state index >= 15 is 0 Å². The quantitative estimate of drug-likeness (QED) is 0.515. The van der Waals surface area contributed by atoms with Gasteiger partial charge in [0.2, 0.25) is 0 Å². The van der Waals surface area contributed by atoms with Crippen molar-refractivity contribution in [3.63, 3.8) is 0 Å². The Morgan fingerprint density at radius 2 is 1.33 bits per heavy atom. The minimum absolute atomic E-state index is 0. The topological polar surface area (TPSA) is 28.5 Å². The molecule has 1 nitrogen and oxygen atoms in total. The van der Waals surface area contributed by atoms with Crippen LogP contribution < -0.4 is 18.9 Å². The van der Waals surface area contributed by atoms with Crippen LogP contribution in [0.15, 0.2) is 0 Å². The van der Waals surface area contributed by atoms with Crippen LogP contribution in [-0.2, 0) is 5.48 Å². The average Bonchev–Trinajstić information content (AvgIpc) is 1.97. The molecule has 0 saturated heterocycles. The van der Waals surface area contributed by atoms with Gasteiger partial charge in [0.1, 0.15) is 0 Å². The summed E-state index contributed by atoms with van der Waals surface area (Å²) in [7, 11) is 0. The molecule has 0 amide bonds. The first-order chi connectivity index (χ1) is 4.81. The molecule has 0 aliphatic rings. The summed E-state index contributed by atoms with van der Waals surface area (Å²) in [6.07, 6.45) is 8.49. The summed E-state index contributed by atoms with van der Waals surface area (Å²) in [4.78, 5) is 0. The molecule has 0 aliphatic heterocycles. The number of hydrogen-bond acceptors (Lipinski definition) is 0. The first kappa shape index (κ1) is 19.0. The van der Waals surface area contributed by atoms with Gasteiger partial charge < -0.3 is 5.48 Å². The summed E-state index contributed by atoms with van der Waals surface area (Å²) in [5, 5.41) is 0. The van der Waals surface area contributed by atoms with Crippen molar-refractivity contribution in [2.45, 2.75) is 56.4 Å². The smallest absolute Gasteiger partial charge is 1.00 e. The van der Waals surface area contributed by atoms with E-state index in [1.54, 1.807) is 0 Å². The second kappa shape index (κ2) is 14.8. The van der Waals surface area contributed by atoms with E-state index < -0.39 is 0 Å². The van der Waals surface area contributed by atoms with Crippen molar-refractivity contribution in [3.8, 4) is 0 Å². The zero-order chi connectivity index (χ0) is 7.82. The zero-order valence-electron chi connectivity index (χ0n) is 8.94. The van der Waals surface area contributed by atoms with Crippen LogP contribution in [0.3, 0.4) is 0 Å². The van der Waals surface area contributed by atoms with E-state index in [0.717, 1.165) is 4.05 Å². The number of hydrogen-bond donors (Lipinski definition) is 0. The van der Waals surface area contributed by atoms with Crippen LogP contribution in [0.4, 0.5) is 0 Å². The van der Waals surface area contributed by atoms with Crippen molar-refractivity contribution in [2.75, 3.05) is 0 Å². The first-order valence-corrected chi connectivity index (χ1v) is 5.46. The van der Waals surface area contributed by atoms with Crippen LogP contribution in [0, 0.1) is 0 Å². The van der Waals surface area contributed by atoms with Crippen molar-refractivity contribution in [1.82, 2.24) is 0 Å². The molecule has 0 unspecified atom stereocenters. The average molecular weight is 174 g/mol. The molecule has 0 aromatic carbocycles. The van der Waals surface area contributed by atoms with E-state index in [-0.39, 0.29) is 24.3 Å². The fraction of sp³-hybridized carbons (Fsp3) is 1.00. The Morgan fingerprint density at radius 3 is 1.58 bits per heavy atom. The van der Waals surface area contributed by atoms with Gasteiger partial charge in [-0.3, -0.25) is 0 Å². The van der Waals surface area contributed by atoms with Gasteiger partial charge in [-0.2, -0.15) is 0 Å². The Hall–Kier alpha value is 1.32. The maximum Gasteiger partial charge on any atom is 1.00 e. The molecule has 0 heterocycles. The third-order valence-electron chi connectivity index (χ3n) is 1.93. The molecule has 12 heavy (non-hydrogen) atoms. The molecule has 0 bridgehead atoms. The van der Waals surface area contributed by atoms with Gasteiger partial charge in [-0.05, 0) is 0 Å². The first-order valence-electron chi connectivity index (χ1n) is 4.64. The normalized spacial score (nSPS) is 9.08. The van der Waals surface area contributed by atoms with Crippen molar-refractivity contribution in [2.24, 2.45) is 0 Å². The van der Waals surface area contributed by atoms with Crippen LogP contribution in [0.5, 0.6) is 0 Å². The van der Waals surface area contributed by atoms with Crippen molar-refractivity contribution < 1.29 is 24.3 Å². The second-order valence-electron chi connectivity index (χ2n) is 3.15. The van der Waals surface area contributed by atoms with Crippen LogP contribution in [0.1, 0.15) is 52.4 Å². The Kier molecular flexibility index (Phi) is 23.5. The molecule has 0 spiro atoms. The van der Waals surface area contributed by atoms with Crippen molar-refractivity contribution in [1.29, 1.82) is 0 Å². The van der Waals surface area contributed by atoms with Gasteiger partial charge in [0.05, 0.1) is 0 Å². The summed E-state index contributed by atoms with van der Waals surface area (Å²) in [5.41, 5.74) is 0. The minimum atomic E-state index is 0. The van der Waals surface area contributed by atoms with Gasteiger partial charge in [0.25, 0.3) is 0 Å². The van der Waals surface area contributed by atoms with Gasteiger partial charge in [-0.1, -0.05) is 0 Å². The molecular weight excluding hydrogens is 155 g/mol. The molecule has 0 atom stereocenters. The number of unbranched alkanes of at least 4 members (excludes halogenated alkanes) is 2. The molecule has 3 heteroatoms. The van der Waals surface area contributed by atoms with Gasteiger partial charge >= 0.3 is 97.0 Å². The SMILES string of the molecule is CCCC[CH]([Mg+])CCCC.[Li+].[O-2]. The molecule has 0 rings (SSSR count). The van der Waals surface area contributed by atoms with E-state index in [2.05, 4.69) is 35.6 Å². The standard InChI is InChI=1S/C9H19.Li.Mg.O/c1-3-5-7-9-8-6-4-2;;;/h9H,3-8H2,1-2H3;;;/q;2*+1;-2. The Balaban J connectivity index is -0.000000405. The predicted molar refractivity (Wildman–Crippen MR) is 49.2 cm³/mol. The third-order valence-corrected chi connectivity index (χ3v) is 2.75. The summed E-state index contributed by atoms with van der Waals surface area (Å²) < 4.78 is 1.000. The minimum Gasteiger partial charge on any atom is -2.00 e. The fourth-order valence-corrected chi connectivity index (χ4v) is 1.71. The van der Waals surface area contributed by atoms with Crippen LogP contribution in [0.2, 0.25) is 4.05 Å². The predicted octanol–water partition coefficient (Wildman–Crippen LogP) is 0.209.